The number of carbonyl (C=O) groups excluding carboxylic acids is 5. The molecule has 0 saturated heterocycles. The quantitative estimate of drug-likeness (QED) is 0.0479. The first-order valence-corrected chi connectivity index (χ1v) is 16.2. The number of amides is 5. The molecule has 4 heterocycles. The smallest absolute Gasteiger partial charge is 0.273 e. The molecule has 18 heteroatoms. The van der Waals surface area contributed by atoms with E-state index in [0.29, 0.717) is 40.7 Å². The number of aromatic nitrogens is 4. The number of nitrogens with zero attached hydrogens (tertiary/aromatic N) is 4. The lowest BCUT2D eigenvalue weighted by Crippen LogP contribution is -3.00. The van der Waals surface area contributed by atoms with Crippen LogP contribution in [0.15, 0.2) is 72.0 Å². The lowest BCUT2D eigenvalue weighted by Gasteiger charge is -2.09. The Hall–Kier alpha value is -6.07. The Kier molecular flexibility index (Phi) is 11.8. The highest BCUT2D eigenvalue weighted by Crippen LogP contribution is 2.25. The maximum absolute atomic E-state index is 13.3. The first-order chi connectivity index (χ1) is 24.1. The second kappa shape index (κ2) is 15.9. The van der Waals surface area contributed by atoms with Crippen molar-refractivity contribution in [1.29, 1.82) is 0 Å². The average Bonchev–Trinajstić information content (AvgIpc) is 3.81. The molecule has 5 amide bonds. The van der Waals surface area contributed by atoms with Crippen LogP contribution in [-0.2, 0) is 33.0 Å². The lowest BCUT2D eigenvalue weighted by molar-refractivity contribution is -0.118. The van der Waals surface area contributed by atoms with Crippen LogP contribution < -0.4 is 50.1 Å². The number of carbonyl (C=O) groups is 5. The number of halogens is 2. The number of anilines is 4. The van der Waals surface area contributed by atoms with Gasteiger partial charge in [-0.1, -0.05) is 6.58 Å². The molecule has 5 aromatic rings. The molecular formula is C34H37BrClN11O5. The van der Waals surface area contributed by atoms with Gasteiger partial charge in [-0.05, 0) is 64.5 Å². The molecule has 0 fully saturated rings. The lowest BCUT2D eigenvalue weighted by atomic mass is 10.2. The van der Waals surface area contributed by atoms with Crippen molar-refractivity contribution in [3.05, 3.63) is 94.8 Å². The van der Waals surface area contributed by atoms with Gasteiger partial charge in [-0.15, -0.1) is 0 Å². The molecule has 1 aromatic carbocycles. The van der Waals surface area contributed by atoms with E-state index >= 15 is 0 Å². The fourth-order valence-corrected chi connectivity index (χ4v) is 5.51. The first-order valence-electron chi connectivity index (χ1n) is 15.5. The van der Waals surface area contributed by atoms with Gasteiger partial charge >= 0.3 is 0 Å². The monoisotopic (exact) mass is 793 g/mol. The molecule has 16 nitrogen and oxygen atoms in total. The summed E-state index contributed by atoms with van der Waals surface area (Å²) in [6.45, 7) is 3.84. The minimum absolute atomic E-state index is 0. The van der Waals surface area contributed by atoms with E-state index in [1.807, 2.05) is 0 Å². The maximum atomic E-state index is 13.3. The molecule has 9 N–H and O–H groups in total. The van der Waals surface area contributed by atoms with Gasteiger partial charge in [-0.2, -0.15) is 0 Å². The van der Waals surface area contributed by atoms with Crippen LogP contribution >= 0.6 is 15.9 Å². The van der Waals surface area contributed by atoms with Crippen LogP contribution in [0.1, 0.15) is 48.4 Å². The molecule has 0 spiro atoms. The van der Waals surface area contributed by atoms with Crippen molar-refractivity contribution in [3.63, 3.8) is 0 Å². The fourth-order valence-electron chi connectivity index (χ4n) is 5.41. The molecule has 0 aliphatic rings. The van der Waals surface area contributed by atoms with Crippen molar-refractivity contribution in [2.75, 3.05) is 27.8 Å². The van der Waals surface area contributed by atoms with E-state index in [0.717, 1.165) is 10.9 Å². The zero-order valence-electron chi connectivity index (χ0n) is 28.6. The molecule has 0 radical (unpaired) electrons. The van der Waals surface area contributed by atoms with E-state index in [2.05, 4.69) is 49.1 Å². The molecule has 0 atom stereocenters. The van der Waals surface area contributed by atoms with Crippen molar-refractivity contribution < 1.29 is 41.8 Å². The molecule has 0 saturated carbocycles. The summed E-state index contributed by atoms with van der Waals surface area (Å²) in [4.78, 5) is 64.2. The van der Waals surface area contributed by atoms with Gasteiger partial charge in [0.2, 0.25) is 5.84 Å². The Morgan fingerprint density at radius 3 is 1.87 bits per heavy atom. The van der Waals surface area contributed by atoms with Crippen LogP contribution in [-0.4, -0.2) is 60.2 Å². The number of benzene rings is 1. The van der Waals surface area contributed by atoms with Crippen LogP contribution in [0.5, 0.6) is 0 Å². The molecule has 4 aromatic heterocycles. The number of nitrogens with one attached hydrogen (secondary N) is 5. The average molecular weight is 795 g/mol. The molecular weight excluding hydrogens is 758 g/mol. The van der Waals surface area contributed by atoms with Crippen LogP contribution in [0.4, 0.5) is 22.9 Å². The summed E-state index contributed by atoms with van der Waals surface area (Å²) in [5.74, 6) is -1.44. The van der Waals surface area contributed by atoms with E-state index in [-0.39, 0.29) is 52.5 Å². The summed E-state index contributed by atoms with van der Waals surface area (Å²) in [5.41, 5.74) is 8.74. The van der Waals surface area contributed by atoms with Crippen molar-refractivity contribution in [2.45, 2.75) is 6.42 Å². The van der Waals surface area contributed by atoms with Gasteiger partial charge in [0.15, 0.2) is 0 Å². The second-order valence-corrected chi connectivity index (χ2v) is 12.7. The minimum atomic E-state index is -0.465. The highest BCUT2D eigenvalue weighted by molar-refractivity contribution is 9.12. The molecule has 272 valence electrons. The van der Waals surface area contributed by atoms with Crippen molar-refractivity contribution in [2.24, 2.45) is 33.9 Å². The fraction of sp³-hybridized carbons (Fsp3) is 0.176. The number of amidine groups is 1. The molecule has 0 unspecified atom stereocenters. The summed E-state index contributed by atoms with van der Waals surface area (Å²) in [5, 5.41) is 20.0. The normalized spacial score (nSPS) is 10.6. The molecule has 5 rings (SSSR count). The Morgan fingerprint density at radius 1 is 0.712 bits per heavy atom. The SMILES string of the molecule is C=C(Br)C(=O)Nc1ccc2c(c1)cc(C(=O)Nc1cc(C(=O)Nc3cc(C(=O)Nc4ccc(C(=O)NCCC(N)=[NH2+])n4C)n(C)c3)n(C)c1)n2C.[Cl-]. The van der Waals surface area contributed by atoms with Crippen LogP contribution in [0.3, 0.4) is 0 Å². The van der Waals surface area contributed by atoms with Gasteiger partial charge in [0, 0.05) is 63.7 Å². The van der Waals surface area contributed by atoms with Crippen molar-refractivity contribution in [3.8, 4) is 0 Å². The number of aryl methyl sites for hydroxylation is 3. The van der Waals surface area contributed by atoms with E-state index in [9.17, 15) is 24.0 Å². The molecule has 52 heavy (non-hydrogen) atoms. The Morgan fingerprint density at radius 2 is 1.29 bits per heavy atom. The van der Waals surface area contributed by atoms with Gasteiger partial charge in [0.25, 0.3) is 29.5 Å². The molecule has 0 bridgehead atoms. The standard InChI is InChI=1S/C34H36BrN11O5.ClH/c1-18(35)30(47)39-20-6-7-23-19(12-20)13-27(45(23)4)34(51)41-22-14-25(43(2)17-22)32(49)40-21-15-26(44(3)16-21)33(50)42-29-9-8-24(46(29)5)31(48)38-11-10-28(36)37;/h6-9,12-17H,1,10-11H2,2-5H3,(H3,36,37)(H,38,48)(H,39,47)(H,40,49)(H,41,51)(H,42,50);1H. The number of fused-ring (bicyclic) bond motifs is 1. The summed E-state index contributed by atoms with van der Waals surface area (Å²) >= 11 is 3.06. The summed E-state index contributed by atoms with van der Waals surface area (Å²) in [6, 6.07) is 13.2. The highest BCUT2D eigenvalue weighted by Gasteiger charge is 2.21. The van der Waals surface area contributed by atoms with Gasteiger partial charge in [0.05, 0.1) is 22.3 Å². The zero-order chi connectivity index (χ0) is 37.1. The Bertz CT molecular complexity index is 2260. The maximum Gasteiger partial charge on any atom is 0.273 e. The van der Waals surface area contributed by atoms with Crippen LogP contribution in [0.25, 0.3) is 10.9 Å². The third-order valence-electron chi connectivity index (χ3n) is 8.07. The topological polar surface area (TPSA) is 217 Å². The van der Waals surface area contributed by atoms with Gasteiger partial charge in [-0.3, -0.25) is 35.1 Å². The van der Waals surface area contributed by atoms with Crippen molar-refractivity contribution in [1.82, 2.24) is 23.6 Å². The number of nitrogens with two attached hydrogens (primary N) is 2. The Balaban J connectivity index is 0.00000605. The van der Waals surface area contributed by atoms with Gasteiger partial charge < -0.3 is 57.3 Å². The highest BCUT2D eigenvalue weighted by atomic mass is 79.9. The predicted molar refractivity (Wildman–Crippen MR) is 198 cm³/mol. The summed E-state index contributed by atoms with van der Waals surface area (Å²) in [6.07, 6.45) is 3.54. The summed E-state index contributed by atoms with van der Waals surface area (Å²) in [7, 11) is 6.73. The molecule has 0 aliphatic heterocycles. The summed E-state index contributed by atoms with van der Waals surface area (Å²) < 4.78 is 6.60. The van der Waals surface area contributed by atoms with Crippen LogP contribution in [0.2, 0.25) is 0 Å². The third-order valence-corrected chi connectivity index (χ3v) is 8.43. The first kappa shape index (κ1) is 38.7. The zero-order valence-corrected chi connectivity index (χ0v) is 31.0. The largest absolute Gasteiger partial charge is 1.00 e. The van der Waals surface area contributed by atoms with Crippen LogP contribution in [0, 0.1) is 0 Å². The van der Waals surface area contributed by atoms with E-state index in [4.69, 9.17) is 11.1 Å². The van der Waals surface area contributed by atoms with Crippen molar-refractivity contribution >= 4 is 85.1 Å². The number of hydrogen-bond acceptors (Lipinski definition) is 5. The van der Waals surface area contributed by atoms with Gasteiger partial charge in [0.1, 0.15) is 28.6 Å². The van der Waals surface area contributed by atoms with Gasteiger partial charge in [-0.25, -0.2) is 0 Å². The van der Waals surface area contributed by atoms with E-state index in [1.165, 1.54) is 6.07 Å². The molecule has 0 aliphatic carbocycles. The number of hydrogen-bond donors (Lipinski definition) is 7. The number of rotatable bonds is 12. The van der Waals surface area contributed by atoms with E-state index < -0.39 is 17.7 Å². The minimum Gasteiger partial charge on any atom is -1.00 e. The Labute approximate surface area is 312 Å². The predicted octanol–water partition coefficient (Wildman–Crippen LogP) is -0.962. The second-order valence-electron chi connectivity index (χ2n) is 11.8. The van der Waals surface area contributed by atoms with E-state index in [1.54, 1.807) is 101 Å². The third kappa shape index (κ3) is 8.44.